The van der Waals surface area contributed by atoms with Gasteiger partial charge in [-0.3, -0.25) is 14.8 Å². The third kappa shape index (κ3) is 2.48. The van der Waals surface area contributed by atoms with Gasteiger partial charge in [-0.05, 0) is 19.4 Å². The molecule has 8 nitrogen and oxygen atoms in total. The van der Waals surface area contributed by atoms with Crippen LogP contribution in [0.4, 0.5) is 6.01 Å². The average molecular weight is 262 g/mol. The summed E-state index contributed by atoms with van der Waals surface area (Å²) < 4.78 is 6.97. The van der Waals surface area contributed by atoms with E-state index < -0.39 is 0 Å². The van der Waals surface area contributed by atoms with Crippen molar-refractivity contribution in [2.24, 2.45) is 7.05 Å². The fourth-order valence-corrected chi connectivity index (χ4v) is 2.03. The minimum atomic E-state index is -0.317. The van der Waals surface area contributed by atoms with Crippen LogP contribution in [0.2, 0.25) is 0 Å². The molecular weight excluding hydrogens is 248 g/mol. The van der Waals surface area contributed by atoms with Crippen LogP contribution in [0.15, 0.2) is 16.8 Å². The van der Waals surface area contributed by atoms with Crippen LogP contribution in [0.5, 0.6) is 0 Å². The molecule has 0 bridgehead atoms. The number of anilines is 1. The maximum Gasteiger partial charge on any atom is 0.322 e. The van der Waals surface area contributed by atoms with Gasteiger partial charge in [-0.1, -0.05) is 5.10 Å². The van der Waals surface area contributed by atoms with Crippen molar-refractivity contribution >= 4 is 11.9 Å². The molecule has 1 saturated heterocycles. The number of hydrogen-bond acceptors (Lipinski definition) is 6. The van der Waals surface area contributed by atoms with Gasteiger partial charge in [0, 0.05) is 13.2 Å². The number of nitrogens with zero attached hydrogens (tertiary/aromatic N) is 4. The van der Waals surface area contributed by atoms with Crippen LogP contribution in [0.3, 0.4) is 0 Å². The second-order valence-corrected chi connectivity index (χ2v) is 4.45. The van der Waals surface area contributed by atoms with E-state index in [1.165, 1.54) is 6.20 Å². The van der Waals surface area contributed by atoms with Crippen molar-refractivity contribution in [1.29, 1.82) is 0 Å². The number of amides is 1. The molecule has 2 aromatic rings. The smallest absolute Gasteiger partial charge is 0.322 e. The van der Waals surface area contributed by atoms with Gasteiger partial charge >= 0.3 is 6.01 Å². The van der Waals surface area contributed by atoms with Crippen LogP contribution in [0.1, 0.15) is 35.1 Å². The zero-order valence-electron chi connectivity index (χ0n) is 10.5. The van der Waals surface area contributed by atoms with Gasteiger partial charge in [0.2, 0.25) is 5.89 Å². The molecule has 0 aromatic carbocycles. The molecule has 1 unspecified atom stereocenters. The maximum absolute atomic E-state index is 11.9. The Bertz CT molecular complexity index is 584. The number of hydrogen-bond donors (Lipinski definition) is 2. The molecule has 1 aliphatic rings. The standard InChI is InChI=1S/C11H14N6O2/c1-17-6-7(5-13-17)9(18)14-11-16-15-10(19-11)8-3-2-4-12-8/h5-6,8,12H,2-4H2,1H3,(H,14,16,18). The van der Waals surface area contributed by atoms with E-state index in [1.54, 1.807) is 17.9 Å². The Hall–Kier alpha value is -2.22. The summed E-state index contributed by atoms with van der Waals surface area (Å²) in [6.07, 6.45) is 5.15. The van der Waals surface area contributed by atoms with Gasteiger partial charge in [0.1, 0.15) is 0 Å². The van der Waals surface area contributed by atoms with Gasteiger partial charge in [-0.2, -0.15) is 5.10 Å². The van der Waals surface area contributed by atoms with Crippen molar-refractivity contribution in [3.63, 3.8) is 0 Å². The Morgan fingerprint density at radius 1 is 1.58 bits per heavy atom. The summed E-state index contributed by atoms with van der Waals surface area (Å²) in [6.45, 7) is 0.949. The summed E-state index contributed by atoms with van der Waals surface area (Å²) in [6, 6.07) is 0.203. The van der Waals surface area contributed by atoms with Crippen LogP contribution < -0.4 is 10.6 Å². The number of nitrogens with one attached hydrogen (secondary N) is 2. The van der Waals surface area contributed by atoms with Crippen molar-refractivity contribution < 1.29 is 9.21 Å². The molecule has 8 heteroatoms. The summed E-state index contributed by atoms with van der Waals surface area (Å²) in [5.74, 6) is 0.196. The Balaban J connectivity index is 1.68. The Kier molecular flexibility index (Phi) is 3.00. The molecule has 2 aromatic heterocycles. The summed E-state index contributed by atoms with van der Waals surface area (Å²) in [5.41, 5.74) is 0.446. The summed E-state index contributed by atoms with van der Waals surface area (Å²) >= 11 is 0. The first-order valence-corrected chi connectivity index (χ1v) is 6.09. The number of carbonyl (C=O) groups is 1. The van der Waals surface area contributed by atoms with E-state index in [2.05, 4.69) is 25.9 Å². The first kappa shape index (κ1) is 11.8. The zero-order chi connectivity index (χ0) is 13.2. The van der Waals surface area contributed by atoms with Crippen LogP contribution in [0, 0.1) is 0 Å². The highest BCUT2D eigenvalue weighted by atomic mass is 16.4. The second-order valence-electron chi connectivity index (χ2n) is 4.45. The lowest BCUT2D eigenvalue weighted by Crippen LogP contribution is -2.13. The van der Waals surface area contributed by atoms with E-state index in [0.717, 1.165) is 19.4 Å². The molecule has 0 radical (unpaired) electrons. The molecule has 19 heavy (non-hydrogen) atoms. The van der Waals surface area contributed by atoms with Crippen molar-refractivity contribution in [3.8, 4) is 0 Å². The van der Waals surface area contributed by atoms with Gasteiger partial charge in [0.15, 0.2) is 0 Å². The predicted molar refractivity (Wildman–Crippen MR) is 65.4 cm³/mol. The summed E-state index contributed by atoms with van der Waals surface area (Å²) in [4.78, 5) is 11.9. The normalized spacial score (nSPS) is 18.7. The van der Waals surface area contributed by atoms with E-state index in [0.29, 0.717) is 11.5 Å². The average Bonchev–Trinajstić information content (AvgIpc) is 3.07. The van der Waals surface area contributed by atoms with E-state index in [4.69, 9.17) is 4.42 Å². The fourth-order valence-electron chi connectivity index (χ4n) is 2.03. The first-order valence-electron chi connectivity index (χ1n) is 6.09. The van der Waals surface area contributed by atoms with E-state index in [1.807, 2.05) is 0 Å². The molecule has 0 spiro atoms. The molecule has 1 fully saturated rings. The maximum atomic E-state index is 11.9. The van der Waals surface area contributed by atoms with Gasteiger partial charge in [0.05, 0.1) is 17.8 Å². The zero-order valence-corrected chi connectivity index (χ0v) is 10.5. The van der Waals surface area contributed by atoms with E-state index >= 15 is 0 Å². The second kappa shape index (κ2) is 4.81. The number of aryl methyl sites for hydroxylation is 1. The Labute approximate surface area is 109 Å². The Morgan fingerprint density at radius 3 is 3.16 bits per heavy atom. The molecule has 0 aliphatic carbocycles. The summed E-state index contributed by atoms with van der Waals surface area (Å²) in [5, 5.41) is 17.5. The van der Waals surface area contributed by atoms with Crippen molar-refractivity contribution in [2.45, 2.75) is 18.9 Å². The lowest BCUT2D eigenvalue weighted by atomic mass is 10.2. The fraction of sp³-hybridized carbons (Fsp3) is 0.455. The van der Waals surface area contributed by atoms with Gasteiger partial charge < -0.3 is 9.73 Å². The van der Waals surface area contributed by atoms with Gasteiger partial charge in [-0.15, -0.1) is 5.10 Å². The number of rotatable bonds is 3. The van der Waals surface area contributed by atoms with Gasteiger partial charge in [0.25, 0.3) is 5.91 Å². The van der Waals surface area contributed by atoms with E-state index in [-0.39, 0.29) is 18.0 Å². The topological polar surface area (TPSA) is 97.9 Å². The highest BCUT2D eigenvalue weighted by molar-refractivity contribution is 6.02. The van der Waals surface area contributed by atoms with E-state index in [9.17, 15) is 4.79 Å². The lowest BCUT2D eigenvalue weighted by molar-refractivity contribution is 0.102. The van der Waals surface area contributed by atoms with Crippen LogP contribution in [-0.4, -0.2) is 32.4 Å². The first-order chi connectivity index (χ1) is 9.22. The highest BCUT2D eigenvalue weighted by Gasteiger charge is 2.22. The van der Waals surface area contributed by atoms with Crippen molar-refractivity contribution in [1.82, 2.24) is 25.3 Å². The van der Waals surface area contributed by atoms with Crippen molar-refractivity contribution in [2.75, 3.05) is 11.9 Å². The monoisotopic (exact) mass is 262 g/mol. The lowest BCUT2D eigenvalue weighted by Gasteiger charge is -2.02. The van der Waals surface area contributed by atoms with Crippen LogP contribution in [0.25, 0.3) is 0 Å². The number of carbonyl (C=O) groups excluding carboxylic acids is 1. The molecule has 1 amide bonds. The SMILES string of the molecule is Cn1cc(C(=O)Nc2nnc(C3CCCN3)o2)cn1. The molecule has 1 atom stereocenters. The Morgan fingerprint density at radius 2 is 2.47 bits per heavy atom. The molecule has 2 N–H and O–H groups in total. The quantitative estimate of drug-likeness (QED) is 0.835. The van der Waals surface area contributed by atoms with Crippen molar-refractivity contribution in [3.05, 3.63) is 23.8 Å². The molecule has 0 saturated carbocycles. The summed E-state index contributed by atoms with van der Waals surface area (Å²) in [7, 11) is 1.74. The number of aromatic nitrogens is 4. The largest absolute Gasteiger partial charge is 0.406 e. The third-order valence-electron chi connectivity index (χ3n) is 2.99. The minimum absolute atomic E-state index is 0.0940. The highest BCUT2D eigenvalue weighted by Crippen LogP contribution is 2.22. The van der Waals surface area contributed by atoms with Crippen LogP contribution in [-0.2, 0) is 7.05 Å². The molecule has 100 valence electrons. The van der Waals surface area contributed by atoms with Gasteiger partial charge in [-0.25, -0.2) is 0 Å². The molecule has 3 heterocycles. The molecular formula is C11H14N6O2. The molecule has 1 aliphatic heterocycles. The third-order valence-corrected chi connectivity index (χ3v) is 2.99. The minimum Gasteiger partial charge on any atom is -0.406 e. The predicted octanol–water partition coefficient (Wildman–Crippen LogP) is 0.480. The molecule has 3 rings (SSSR count). The van der Waals surface area contributed by atoms with Crippen LogP contribution >= 0.6 is 0 Å².